The minimum Gasteiger partial charge on any atom is -0.457 e. The molecular formula is C35H49BrN2O6S. The van der Waals surface area contributed by atoms with Crippen molar-refractivity contribution in [2.75, 3.05) is 0 Å². The quantitative estimate of drug-likeness (QED) is 0.140. The molecule has 7 aliphatic rings. The second kappa shape index (κ2) is 9.82. The maximum atomic E-state index is 13.9. The number of halogens is 1. The molecule has 2 amide bonds. The highest BCUT2D eigenvalue weighted by Gasteiger charge is 2.83. The largest absolute Gasteiger partial charge is 0.457 e. The lowest BCUT2D eigenvalue weighted by Gasteiger charge is -2.74. The molecule has 2 heterocycles. The Morgan fingerprint density at radius 2 is 1.69 bits per heavy atom. The second-order valence-corrected chi connectivity index (χ2v) is 20.0. The van der Waals surface area contributed by atoms with Gasteiger partial charge in [0.25, 0.3) is 5.24 Å². The summed E-state index contributed by atoms with van der Waals surface area (Å²) in [4.78, 5) is 55.5. The monoisotopic (exact) mass is 704 g/mol. The van der Waals surface area contributed by atoms with Gasteiger partial charge < -0.3 is 9.57 Å². The van der Waals surface area contributed by atoms with Crippen LogP contribution < -0.4 is 5.32 Å². The summed E-state index contributed by atoms with van der Waals surface area (Å²) in [6.07, 6.45) is 9.64. The fourth-order valence-corrected chi connectivity index (χ4v) is 14.7. The first-order valence-electron chi connectivity index (χ1n) is 17.0. The number of carbonyl (C=O) groups is 4. The average Bonchev–Trinajstić information content (AvgIpc) is 3.35. The average molecular weight is 706 g/mol. The van der Waals surface area contributed by atoms with Crippen LogP contribution in [0.25, 0.3) is 0 Å². The number of esters is 1. The van der Waals surface area contributed by atoms with Crippen molar-refractivity contribution in [2.24, 2.45) is 55.4 Å². The molecule has 5 aliphatic carbocycles. The fraction of sp³-hybridized carbons (Fsp3) is 0.857. The summed E-state index contributed by atoms with van der Waals surface area (Å²) < 4.78 is 6.88. The van der Waals surface area contributed by atoms with E-state index >= 15 is 0 Å². The molecule has 0 aromatic heterocycles. The molecule has 0 aromatic rings. The third-order valence-electron chi connectivity index (χ3n) is 15.2. The number of thioether (sulfide) groups is 1. The number of nitrogens with zero attached hydrogens (tertiary/aromatic N) is 1. The van der Waals surface area contributed by atoms with E-state index in [1.165, 1.54) is 0 Å². The van der Waals surface area contributed by atoms with Crippen LogP contribution in [0.1, 0.15) is 119 Å². The summed E-state index contributed by atoms with van der Waals surface area (Å²) in [5.41, 5.74) is -0.0848. The van der Waals surface area contributed by atoms with Crippen molar-refractivity contribution in [3.63, 3.8) is 0 Å². The van der Waals surface area contributed by atoms with E-state index < -0.39 is 28.0 Å². The number of fused-ring (bicyclic) bond motifs is 4. The number of nitrogens with one attached hydrogen (secondary N) is 1. The predicted molar refractivity (Wildman–Crippen MR) is 176 cm³/mol. The van der Waals surface area contributed by atoms with Crippen LogP contribution in [0.2, 0.25) is 0 Å². The molecule has 248 valence electrons. The maximum absolute atomic E-state index is 13.9. The zero-order valence-corrected chi connectivity index (χ0v) is 30.3. The molecule has 1 spiro atoms. The summed E-state index contributed by atoms with van der Waals surface area (Å²) in [7, 11) is 0. The van der Waals surface area contributed by atoms with E-state index in [4.69, 9.17) is 9.57 Å². The smallest absolute Gasteiger partial charge is 0.336 e. The molecular weight excluding hydrogens is 656 g/mol. The summed E-state index contributed by atoms with van der Waals surface area (Å²) in [5.74, 6) is 0.0590. The summed E-state index contributed by atoms with van der Waals surface area (Å²) >= 11 is 5.10. The van der Waals surface area contributed by atoms with Crippen LogP contribution >= 0.6 is 27.7 Å². The number of alkyl halides is 1. The first kappa shape index (κ1) is 32.1. The number of rotatable bonds is 3. The first-order chi connectivity index (χ1) is 20.9. The normalized spacial score (nSPS) is 50.1. The van der Waals surface area contributed by atoms with Gasteiger partial charge in [-0.15, -0.1) is 0 Å². The first-order valence-corrected chi connectivity index (χ1v) is 18.8. The molecule has 7 fully saturated rings. The Morgan fingerprint density at radius 3 is 2.38 bits per heavy atom. The van der Waals surface area contributed by atoms with Gasteiger partial charge in [0, 0.05) is 16.7 Å². The Kier molecular flexibility index (Phi) is 7.01. The molecule has 10 atom stereocenters. The van der Waals surface area contributed by atoms with Crippen molar-refractivity contribution in [2.45, 2.75) is 135 Å². The molecule has 2 bridgehead atoms. The highest BCUT2D eigenvalue weighted by molar-refractivity contribution is 9.09. The Hall–Kier alpha value is -1.42. The minimum atomic E-state index is -0.763. The molecule has 7 rings (SSSR count). The lowest BCUT2D eigenvalue weighted by atomic mass is 9.31. The van der Waals surface area contributed by atoms with Crippen LogP contribution in [0, 0.1) is 50.2 Å². The number of ether oxygens (including phenoxy) is 1. The standard InChI is InChI=1S/C35H49BrN2O6S/c1-29(2)12-14-34-15-13-33(7)32(6)11-8-20-30(3,4)24(38-44-25(39)16-19-26(40)37-28(42)45-19)9-10-31(20,5)21(32)17-23(36)35(33,22(34)18-29)43-27(34)41/h19-23H,8-18H2,1-7H3,(H,37,40,42)/b38-24-/t19-,20+,21-,22-,23+,31+,32-,33+,34+,35-/m1/s1. The summed E-state index contributed by atoms with van der Waals surface area (Å²) in [6, 6.07) is 0. The Balaban J connectivity index is 1.17. The van der Waals surface area contributed by atoms with Crippen molar-refractivity contribution >= 4 is 56.5 Å². The van der Waals surface area contributed by atoms with Crippen LogP contribution in [-0.4, -0.2) is 44.5 Å². The van der Waals surface area contributed by atoms with Gasteiger partial charge in [0.15, 0.2) is 0 Å². The van der Waals surface area contributed by atoms with E-state index in [1.54, 1.807) is 0 Å². The van der Waals surface area contributed by atoms with E-state index in [0.29, 0.717) is 11.8 Å². The van der Waals surface area contributed by atoms with Crippen molar-refractivity contribution in [3.8, 4) is 0 Å². The van der Waals surface area contributed by atoms with Gasteiger partial charge in [-0.3, -0.25) is 19.7 Å². The lowest BCUT2D eigenvalue weighted by Crippen LogP contribution is -2.75. The summed E-state index contributed by atoms with van der Waals surface area (Å²) in [6.45, 7) is 16.8. The predicted octanol–water partition coefficient (Wildman–Crippen LogP) is 7.56. The number of hydrogen-bond donors (Lipinski definition) is 1. The molecule has 2 aliphatic heterocycles. The maximum Gasteiger partial charge on any atom is 0.336 e. The van der Waals surface area contributed by atoms with Crippen LogP contribution in [0.3, 0.4) is 0 Å². The molecule has 5 saturated carbocycles. The molecule has 45 heavy (non-hydrogen) atoms. The van der Waals surface area contributed by atoms with Crippen molar-refractivity contribution < 1.29 is 28.8 Å². The van der Waals surface area contributed by atoms with Gasteiger partial charge >= 0.3 is 11.9 Å². The van der Waals surface area contributed by atoms with Gasteiger partial charge in [0.1, 0.15) is 10.9 Å². The van der Waals surface area contributed by atoms with Gasteiger partial charge in [-0.25, -0.2) is 4.79 Å². The van der Waals surface area contributed by atoms with Crippen LogP contribution in [0.5, 0.6) is 0 Å². The lowest BCUT2D eigenvalue weighted by molar-refractivity contribution is -0.272. The van der Waals surface area contributed by atoms with Crippen molar-refractivity contribution in [1.82, 2.24) is 5.32 Å². The molecule has 0 aromatic carbocycles. The third kappa shape index (κ3) is 4.05. The zero-order chi connectivity index (χ0) is 32.6. The molecule has 0 unspecified atom stereocenters. The Bertz CT molecular complexity index is 1410. The highest BCUT2D eigenvalue weighted by atomic mass is 79.9. The number of imide groups is 1. The van der Waals surface area contributed by atoms with Gasteiger partial charge in [-0.05, 0) is 92.3 Å². The van der Waals surface area contributed by atoms with Crippen molar-refractivity contribution in [3.05, 3.63) is 0 Å². The van der Waals surface area contributed by atoms with E-state index in [1.807, 2.05) is 0 Å². The van der Waals surface area contributed by atoms with E-state index in [-0.39, 0.29) is 55.6 Å². The molecule has 10 heteroatoms. The molecule has 8 nitrogen and oxygen atoms in total. The summed E-state index contributed by atoms with van der Waals surface area (Å²) in [5, 5.41) is 5.45. The minimum absolute atomic E-state index is 0.00897. The zero-order valence-electron chi connectivity index (χ0n) is 27.8. The van der Waals surface area contributed by atoms with E-state index in [0.717, 1.165) is 81.7 Å². The fourth-order valence-electron chi connectivity index (χ4n) is 12.6. The van der Waals surface area contributed by atoms with Crippen LogP contribution in [0.4, 0.5) is 4.79 Å². The molecule has 1 N–H and O–H groups in total. The number of carbonyl (C=O) groups excluding carboxylic acids is 4. The SMILES string of the molecule is CC1(C)CC[C@@]23CC[C@]4(C)[C@@](OC2=O)([C@@H]3C1)[C@@H](Br)C[C@@H]1[C@@]2(C)CC/C(=N/OC(=O)C[C@H]3SC(=O)NC3=O)C(C)(C)[C@@H]2CC[C@]14C. The second-order valence-electron chi connectivity index (χ2n) is 17.7. The molecule has 0 radical (unpaired) electrons. The molecule has 2 saturated heterocycles. The van der Waals surface area contributed by atoms with E-state index in [2.05, 4.69) is 74.9 Å². The Labute approximate surface area is 279 Å². The number of hydrogen-bond acceptors (Lipinski definition) is 8. The van der Waals surface area contributed by atoms with Crippen LogP contribution in [-0.2, 0) is 24.0 Å². The van der Waals surface area contributed by atoms with Gasteiger partial charge in [-0.2, -0.15) is 0 Å². The van der Waals surface area contributed by atoms with Crippen molar-refractivity contribution in [1.29, 1.82) is 0 Å². The van der Waals surface area contributed by atoms with Crippen LogP contribution in [0.15, 0.2) is 5.16 Å². The van der Waals surface area contributed by atoms with E-state index in [9.17, 15) is 19.2 Å². The Morgan fingerprint density at radius 1 is 0.978 bits per heavy atom. The topological polar surface area (TPSA) is 111 Å². The number of oxime groups is 1. The number of amides is 2. The third-order valence-corrected chi connectivity index (χ3v) is 17.2. The van der Waals surface area contributed by atoms with Gasteiger partial charge in [-0.1, -0.05) is 81.3 Å². The van der Waals surface area contributed by atoms with Gasteiger partial charge in [0.05, 0.1) is 22.4 Å². The van der Waals surface area contributed by atoms with Gasteiger partial charge in [0.2, 0.25) is 5.91 Å². The highest BCUT2D eigenvalue weighted by Crippen LogP contribution is 2.81.